The van der Waals surface area contributed by atoms with Gasteiger partial charge in [-0.2, -0.15) is 0 Å². The first-order chi connectivity index (χ1) is 17.8. The Morgan fingerprint density at radius 1 is 0.622 bits per heavy atom. The molecule has 37 heavy (non-hydrogen) atoms. The number of rotatable bonds is 4. The van der Waals surface area contributed by atoms with Crippen molar-refractivity contribution in [2.45, 2.75) is 59.8 Å². The van der Waals surface area contributed by atoms with Gasteiger partial charge in [0.05, 0.1) is 5.41 Å². The number of allylic oxidation sites excluding steroid dienone is 4. The van der Waals surface area contributed by atoms with E-state index in [1.807, 2.05) is 0 Å². The Labute approximate surface area is 222 Å². The molecule has 0 fully saturated rings. The summed E-state index contributed by atoms with van der Waals surface area (Å²) in [5.74, 6) is 0. The Hall–Kier alpha value is -3.64. The Kier molecular flexibility index (Phi) is 5.60. The number of hydrogen-bond donors (Lipinski definition) is 0. The highest BCUT2D eigenvalue weighted by molar-refractivity contribution is 5.83. The van der Waals surface area contributed by atoms with Crippen molar-refractivity contribution in [3.8, 4) is 11.1 Å². The molecule has 2 aliphatic carbocycles. The largest absolute Gasteiger partial charge is 0.0804 e. The lowest BCUT2D eigenvalue weighted by atomic mass is 9.61. The maximum absolute atomic E-state index is 2.45. The van der Waals surface area contributed by atoms with Crippen molar-refractivity contribution in [1.29, 1.82) is 0 Å². The van der Waals surface area contributed by atoms with Crippen LogP contribution in [0.5, 0.6) is 0 Å². The lowest BCUT2D eigenvalue weighted by Gasteiger charge is -2.41. The predicted octanol–water partition coefficient (Wildman–Crippen LogP) is 9.33. The van der Waals surface area contributed by atoms with E-state index in [0.29, 0.717) is 0 Å². The molecule has 4 aromatic rings. The van der Waals surface area contributed by atoms with Crippen LogP contribution in [0.25, 0.3) is 11.1 Å². The van der Waals surface area contributed by atoms with Crippen molar-refractivity contribution < 1.29 is 0 Å². The van der Waals surface area contributed by atoms with E-state index < -0.39 is 0 Å². The van der Waals surface area contributed by atoms with Gasteiger partial charge in [-0.05, 0) is 121 Å². The molecule has 0 radical (unpaired) electrons. The molecule has 184 valence electrons. The summed E-state index contributed by atoms with van der Waals surface area (Å²) in [4.78, 5) is 0. The molecule has 0 bridgehead atoms. The molecule has 0 nitrogen and oxygen atoms in total. The van der Waals surface area contributed by atoms with Gasteiger partial charge in [-0.15, -0.1) is 0 Å². The van der Waals surface area contributed by atoms with Gasteiger partial charge in [0.25, 0.3) is 0 Å². The van der Waals surface area contributed by atoms with Crippen molar-refractivity contribution in [2.75, 3.05) is 0 Å². The first-order valence-electron chi connectivity index (χ1n) is 13.5. The Balaban J connectivity index is 1.76. The zero-order chi connectivity index (χ0) is 25.9. The summed E-state index contributed by atoms with van der Waals surface area (Å²) >= 11 is 0. The molecular formula is C37H36. The van der Waals surface area contributed by atoms with Gasteiger partial charge >= 0.3 is 0 Å². The van der Waals surface area contributed by atoms with E-state index in [0.717, 1.165) is 12.8 Å². The molecule has 0 aliphatic heterocycles. The standard InChI is InChI=1S/C37H36/c1-23-11-15-31(16-12-23)37(30-9-7-8-10-30,32-17-13-24(2)14-18-32)36-28(6)27(5)21-34-33-20-26(4)25(3)19-29(33)22-35(34)36/h7-9,11-21H,10,22H2,1-6H3. The van der Waals surface area contributed by atoms with Crippen LogP contribution in [0.4, 0.5) is 0 Å². The van der Waals surface area contributed by atoms with Crippen molar-refractivity contribution >= 4 is 0 Å². The second-order valence-electron chi connectivity index (χ2n) is 11.3. The monoisotopic (exact) mass is 480 g/mol. The van der Waals surface area contributed by atoms with Crippen LogP contribution in [0.2, 0.25) is 0 Å². The first-order valence-corrected chi connectivity index (χ1v) is 13.5. The molecule has 0 saturated carbocycles. The second-order valence-corrected chi connectivity index (χ2v) is 11.3. The molecule has 4 aromatic carbocycles. The average molecular weight is 481 g/mol. The van der Waals surface area contributed by atoms with Gasteiger partial charge in [-0.25, -0.2) is 0 Å². The highest BCUT2D eigenvalue weighted by Gasteiger charge is 2.44. The minimum absolute atomic E-state index is 0.350. The average Bonchev–Trinajstić information content (AvgIpc) is 3.53. The molecule has 0 atom stereocenters. The fourth-order valence-electron chi connectivity index (χ4n) is 6.68. The van der Waals surface area contributed by atoms with E-state index in [9.17, 15) is 0 Å². The first kappa shape index (κ1) is 23.7. The van der Waals surface area contributed by atoms with Crippen LogP contribution in [0.3, 0.4) is 0 Å². The van der Waals surface area contributed by atoms with Gasteiger partial charge in [0.15, 0.2) is 0 Å². The van der Waals surface area contributed by atoms with Crippen molar-refractivity contribution in [3.63, 3.8) is 0 Å². The summed E-state index contributed by atoms with van der Waals surface area (Å²) in [5, 5.41) is 0. The highest BCUT2D eigenvalue weighted by Crippen LogP contribution is 2.54. The van der Waals surface area contributed by atoms with E-state index >= 15 is 0 Å². The summed E-state index contributed by atoms with van der Waals surface area (Å²) in [6.45, 7) is 13.5. The second kappa shape index (κ2) is 8.73. The predicted molar refractivity (Wildman–Crippen MR) is 158 cm³/mol. The summed E-state index contributed by atoms with van der Waals surface area (Å²) in [7, 11) is 0. The van der Waals surface area contributed by atoms with Gasteiger partial charge in [-0.1, -0.05) is 96.1 Å². The third kappa shape index (κ3) is 3.57. The highest BCUT2D eigenvalue weighted by atomic mass is 14.5. The summed E-state index contributed by atoms with van der Waals surface area (Å²) in [6.07, 6.45) is 8.90. The third-order valence-corrected chi connectivity index (χ3v) is 8.93. The lowest BCUT2D eigenvalue weighted by Crippen LogP contribution is -2.34. The maximum atomic E-state index is 2.45. The van der Waals surface area contributed by atoms with Crippen LogP contribution < -0.4 is 0 Å². The normalized spacial score (nSPS) is 14.1. The van der Waals surface area contributed by atoms with Gasteiger partial charge in [0.1, 0.15) is 0 Å². The Morgan fingerprint density at radius 3 is 1.76 bits per heavy atom. The zero-order valence-electron chi connectivity index (χ0n) is 23.0. The van der Waals surface area contributed by atoms with Crippen LogP contribution in [0, 0.1) is 41.5 Å². The smallest absolute Gasteiger partial charge is 0.0673 e. The van der Waals surface area contributed by atoms with E-state index in [2.05, 4.69) is 127 Å². The molecule has 0 unspecified atom stereocenters. The quantitative estimate of drug-likeness (QED) is 0.225. The molecular weight excluding hydrogens is 444 g/mol. The van der Waals surface area contributed by atoms with Crippen LogP contribution in [-0.2, 0) is 11.8 Å². The topological polar surface area (TPSA) is 0 Å². The van der Waals surface area contributed by atoms with Crippen molar-refractivity contribution in [3.05, 3.63) is 152 Å². The Bertz CT molecular complexity index is 1540. The van der Waals surface area contributed by atoms with E-state index in [4.69, 9.17) is 0 Å². The molecule has 0 saturated heterocycles. The maximum Gasteiger partial charge on any atom is 0.0673 e. The van der Waals surface area contributed by atoms with E-state index in [1.165, 1.54) is 77.9 Å². The minimum atomic E-state index is -0.350. The number of hydrogen-bond acceptors (Lipinski definition) is 0. The van der Waals surface area contributed by atoms with Crippen molar-refractivity contribution in [2.24, 2.45) is 0 Å². The van der Waals surface area contributed by atoms with Crippen molar-refractivity contribution in [1.82, 2.24) is 0 Å². The fraction of sp³-hybridized carbons (Fsp3) is 0.243. The molecule has 0 N–H and O–H groups in total. The molecule has 0 heterocycles. The number of aryl methyl sites for hydroxylation is 5. The minimum Gasteiger partial charge on any atom is -0.0804 e. The van der Waals surface area contributed by atoms with E-state index in [-0.39, 0.29) is 5.41 Å². The van der Waals surface area contributed by atoms with Crippen LogP contribution in [0.15, 0.2) is 90.5 Å². The molecule has 6 rings (SSSR count). The zero-order valence-corrected chi connectivity index (χ0v) is 23.0. The summed E-state index contributed by atoms with van der Waals surface area (Å²) < 4.78 is 0. The molecule has 0 heteroatoms. The van der Waals surface area contributed by atoms with Gasteiger partial charge in [0.2, 0.25) is 0 Å². The van der Waals surface area contributed by atoms with E-state index in [1.54, 1.807) is 0 Å². The summed E-state index contributed by atoms with van der Waals surface area (Å²) in [6, 6.07) is 25.9. The molecule has 0 aromatic heterocycles. The number of benzene rings is 4. The third-order valence-electron chi connectivity index (χ3n) is 8.93. The summed E-state index contributed by atoms with van der Waals surface area (Å²) in [5.41, 5.74) is 19.2. The van der Waals surface area contributed by atoms with Crippen LogP contribution >= 0.6 is 0 Å². The fourth-order valence-corrected chi connectivity index (χ4v) is 6.68. The van der Waals surface area contributed by atoms with Gasteiger partial charge in [-0.3, -0.25) is 0 Å². The SMILES string of the molecule is Cc1ccc(C(C2=CC=CC2)(c2ccc(C)cc2)c2c(C)c(C)cc3c2Cc2cc(C)c(C)cc2-3)cc1. The molecule has 0 spiro atoms. The van der Waals surface area contributed by atoms with Gasteiger partial charge in [0, 0.05) is 0 Å². The molecule has 2 aliphatic rings. The van der Waals surface area contributed by atoms with Crippen LogP contribution in [0.1, 0.15) is 67.6 Å². The number of fused-ring (bicyclic) bond motifs is 3. The lowest BCUT2D eigenvalue weighted by molar-refractivity contribution is 0.696. The molecule has 0 amide bonds. The van der Waals surface area contributed by atoms with Crippen LogP contribution in [-0.4, -0.2) is 0 Å². The van der Waals surface area contributed by atoms with Gasteiger partial charge < -0.3 is 0 Å². The Morgan fingerprint density at radius 2 is 1.19 bits per heavy atom.